The van der Waals surface area contributed by atoms with Crippen LogP contribution in [-0.2, 0) is 27.2 Å². The van der Waals surface area contributed by atoms with Crippen LogP contribution in [0.3, 0.4) is 0 Å². The fraction of sp³-hybridized carbons (Fsp3) is 0.704. The van der Waals surface area contributed by atoms with E-state index in [9.17, 15) is 23.2 Å². The van der Waals surface area contributed by atoms with Gasteiger partial charge in [-0.1, -0.05) is 31.7 Å². The quantitative estimate of drug-likeness (QED) is 0.252. The van der Waals surface area contributed by atoms with Crippen molar-refractivity contribution < 1.29 is 33.0 Å². The minimum atomic E-state index is -2.72. The lowest BCUT2D eigenvalue weighted by Crippen LogP contribution is -2.54. The van der Waals surface area contributed by atoms with E-state index in [4.69, 9.17) is 14.8 Å². The number of esters is 1. The van der Waals surface area contributed by atoms with Crippen LogP contribution in [0.5, 0.6) is 0 Å². The van der Waals surface area contributed by atoms with Gasteiger partial charge in [0.2, 0.25) is 12.3 Å². The van der Waals surface area contributed by atoms with Crippen LogP contribution in [0.2, 0.25) is 0 Å². The Labute approximate surface area is 222 Å². The Bertz CT molecular complexity index is 953. The minimum absolute atomic E-state index is 0.00411. The molecule has 11 heteroatoms. The van der Waals surface area contributed by atoms with Crippen molar-refractivity contribution in [2.24, 2.45) is 5.41 Å². The number of carbonyl (C=O) groups is 3. The number of rotatable bonds is 13. The number of carbonyl (C=O) groups excluding carboxylic acids is 2. The minimum Gasteiger partial charge on any atom is -0.467 e. The van der Waals surface area contributed by atoms with Gasteiger partial charge in [-0.25, -0.2) is 23.4 Å². The number of nitrogens with zero attached hydrogens (tertiary/aromatic N) is 2. The lowest BCUT2D eigenvalue weighted by molar-refractivity contribution is -0.148. The van der Waals surface area contributed by atoms with E-state index in [1.54, 1.807) is 0 Å². The Hall–Kier alpha value is -2.98. The van der Waals surface area contributed by atoms with E-state index in [0.717, 1.165) is 67.9 Å². The van der Waals surface area contributed by atoms with Crippen LogP contribution >= 0.6 is 0 Å². The van der Waals surface area contributed by atoms with Gasteiger partial charge < -0.3 is 25.4 Å². The molecule has 212 valence electrons. The second-order valence-corrected chi connectivity index (χ2v) is 10.3. The molecule has 0 spiro atoms. The monoisotopic (exact) mass is 538 g/mol. The Balaban J connectivity index is 1.43. The number of amides is 2. The van der Waals surface area contributed by atoms with Gasteiger partial charge in [0.05, 0.1) is 12.5 Å². The molecule has 2 aliphatic heterocycles. The third-order valence-electron chi connectivity index (χ3n) is 7.69. The number of methoxy groups -OCH3 is 1. The average Bonchev–Trinajstić information content (AvgIpc) is 2.91. The molecule has 3 heterocycles. The van der Waals surface area contributed by atoms with E-state index in [2.05, 4.69) is 22.8 Å². The van der Waals surface area contributed by atoms with E-state index < -0.39 is 42.3 Å². The molecule has 0 unspecified atom stereocenters. The fourth-order valence-corrected chi connectivity index (χ4v) is 5.34. The summed E-state index contributed by atoms with van der Waals surface area (Å²) in [6, 6.07) is 3.33. The zero-order valence-electron chi connectivity index (χ0n) is 22.1. The number of nitrogens with one attached hydrogen (secondary N) is 2. The summed E-state index contributed by atoms with van der Waals surface area (Å²) in [6.45, 7) is 0.957. The maximum atomic E-state index is 13.4. The number of ether oxygens (including phenoxy) is 1. The molecule has 0 saturated carbocycles. The number of carboxylic acid groups (broad SMARTS) is 1. The maximum absolute atomic E-state index is 13.4. The molecule has 9 nitrogen and oxygen atoms in total. The summed E-state index contributed by atoms with van der Waals surface area (Å²) in [5.41, 5.74) is 0.948. The standard InChI is InChI=1S/C27H40F2N4O5/c1-38-24(34)21(32-25(35)27(18-22(28)29)13-16-33(17-14-27)26(36)37)10-6-4-2-3-5-9-20-12-11-19-8-7-15-30-23(19)31-20/h11-12,21-22H,2-10,13-18H2,1H3,(H,30,31)(H,32,35)(H,36,37)/t21-/m0/s1. The fourth-order valence-electron chi connectivity index (χ4n) is 5.34. The van der Waals surface area contributed by atoms with Gasteiger partial charge in [-0.15, -0.1) is 0 Å². The van der Waals surface area contributed by atoms with Gasteiger partial charge in [-0.3, -0.25) is 4.79 Å². The van der Waals surface area contributed by atoms with Crippen molar-refractivity contribution in [1.29, 1.82) is 0 Å². The van der Waals surface area contributed by atoms with Gasteiger partial charge in [0.15, 0.2) is 0 Å². The first-order chi connectivity index (χ1) is 18.2. The van der Waals surface area contributed by atoms with Crippen LogP contribution in [0.4, 0.5) is 19.4 Å². The lowest BCUT2D eigenvalue weighted by Gasteiger charge is -2.40. The van der Waals surface area contributed by atoms with Crippen LogP contribution in [0.1, 0.15) is 75.5 Å². The van der Waals surface area contributed by atoms with E-state index in [-0.39, 0.29) is 25.9 Å². The molecular formula is C27H40F2N4O5. The van der Waals surface area contributed by atoms with Crippen LogP contribution in [0, 0.1) is 5.41 Å². The number of hydrogen-bond donors (Lipinski definition) is 3. The summed E-state index contributed by atoms with van der Waals surface area (Å²) in [6.07, 6.45) is 3.41. The molecule has 1 atom stereocenters. The van der Waals surface area contributed by atoms with Crippen molar-refractivity contribution in [2.45, 2.75) is 89.5 Å². The first-order valence-corrected chi connectivity index (χ1v) is 13.6. The van der Waals surface area contributed by atoms with E-state index in [1.807, 2.05) is 0 Å². The Morgan fingerprint density at radius 1 is 1.16 bits per heavy atom. The second kappa shape index (κ2) is 14.2. The molecule has 1 fully saturated rings. The topological polar surface area (TPSA) is 121 Å². The molecule has 1 aromatic rings. The van der Waals surface area contributed by atoms with Crippen molar-refractivity contribution >= 4 is 23.8 Å². The number of unbranched alkanes of at least 4 members (excludes halogenated alkanes) is 4. The summed E-state index contributed by atoms with van der Waals surface area (Å²) in [5, 5.41) is 15.2. The van der Waals surface area contributed by atoms with Gasteiger partial charge in [0.1, 0.15) is 11.9 Å². The summed E-state index contributed by atoms with van der Waals surface area (Å²) >= 11 is 0. The molecule has 0 radical (unpaired) electrons. The zero-order chi connectivity index (χ0) is 27.5. The average molecular weight is 539 g/mol. The molecule has 2 aliphatic rings. The van der Waals surface area contributed by atoms with Crippen LogP contribution in [-0.4, -0.2) is 72.2 Å². The number of pyridine rings is 1. The number of fused-ring (bicyclic) bond motifs is 1. The van der Waals surface area contributed by atoms with Crippen molar-refractivity contribution in [1.82, 2.24) is 15.2 Å². The maximum Gasteiger partial charge on any atom is 0.407 e. The largest absolute Gasteiger partial charge is 0.467 e. The highest BCUT2D eigenvalue weighted by atomic mass is 19.3. The SMILES string of the molecule is COC(=O)[C@H](CCCCCCCc1ccc2c(n1)NCCC2)NC(=O)C1(CC(F)F)CCN(C(=O)O)CC1. The molecule has 0 aromatic carbocycles. The summed E-state index contributed by atoms with van der Waals surface area (Å²) in [5.74, 6) is -0.238. The molecule has 2 amide bonds. The predicted molar refractivity (Wildman–Crippen MR) is 138 cm³/mol. The highest BCUT2D eigenvalue weighted by Gasteiger charge is 2.45. The van der Waals surface area contributed by atoms with Gasteiger partial charge in [0, 0.05) is 31.7 Å². The van der Waals surface area contributed by atoms with E-state index >= 15 is 0 Å². The second-order valence-electron chi connectivity index (χ2n) is 10.3. The van der Waals surface area contributed by atoms with E-state index in [1.165, 1.54) is 12.7 Å². The number of alkyl halides is 2. The molecule has 38 heavy (non-hydrogen) atoms. The molecule has 0 bridgehead atoms. The molecule has 1 aromatic heterocycles. The molecule has 1 saturated heterocycles. The zero-order valence-corrected chi connectivity index (χ0v) is 22.1. The number of anilines is 1. The van der Waals surface area contributed by atoms with E-state index in [0.29, 0.717) is 12.8 Å². The first-order valence-electron chi connectivity index (χ1n) is 13.6. The normalized spacial score (nSPS) is 17.3. The number of halogens is 2. The Kier molecular flexibility index (Phi) is 11.1. The Morgan fingerprint density at radius 2 is 1.87 bits per heavy atom. The number of likely N-dealkylation sites (tertiary alicyclic amines) is 1. The van der Waals surface area contributed by atoms with Crippen LogP contribution in [0.25, 0.3) is 0 Å². The van der Waals surface area contributed by atoms with Gasteiger partial charge in [-0.05, 0) is 56.6 Å². The molecule has 3 N–H and O–H groups in total. The number of aromatic nitrogens is 1. The summed E-state index contributed by atoms with van der Waals surface area (Å²) in [4.78, 5) is 42.5. The predicted octanol–water partition coefficient (Wildman–Crippen LogP) is 4.40. The number of hydrogen-bond acceptors (Lipinski definition) is 6. The van der Waals surface area contributed by atoms with Crippen molar-refractivity contribution in [3.05, 3.63) is 23.4 Å². The summed E-state index contributed by atoms with van der Waals surface area (Å²) in [7, 11) is 1.23. The smallest absolute Gasteiger partial charge is 0.407 e. The molecular weight excluding hydrogens is 498 g/mol. The van der Waals surface area contributed by atoms with Crippen molar-refractivity contribution in [3.63, 3.8) is 0 Å². The third-order valence-corrected chi connectivity index (χ3v) is 7.69. The lowest BCUT2D eigenvalue weighted by atomic mass is 9.74. The number of aryl methyl sites for hydroxylation is 2. The highest BCUT2D eigenvalue weighted by molar-refractivity contribution is 5.88. The summed E-state index contributed by atoms with van der Waals surface area (Å²) < 4.78 is 31.6. The van der Waals surface area contributed by atoms with Crippen LogP contribution < -0.4 is 10.6 Å². The van der Waals surface area contributed by atoms with Crippen LogP contribution in [0.15, 0.2) is 12.1 Å². The van der Waals surface area contributed by atoms with Crippen molar-refractivity contribution in [3.8, 4) is 0 Å². The Morgan fingerprint density at radius 3 is 2.55 bits per heavy atom. The van der Waals surface area contributed by atoms with Gasteiger partial charge >= 0.3 is 12.1 Å². The first kappa shape index (κ1) is 29.6. The van der Waals surface area contributed by atoms with Gasteiger partial charge in [0.25, 0.3) is 0 Å². The molecule has 3 rings (SSSR count). The van der Waals surface area contributed by atoms with Crippen molar-refractivity contribution in [2.75, 3.05) is 32.1 Å². The highest BCUT2D eigenvalue weighted by Crippen LogP contribution is 2.38. The van der Waals surface area contributed by atoms with Gasteiger partial charge in [-0.2, -0.15) is 0 Å². The molecule has 0 aliphatic carbocycles. The number of piperidine rings is 1. The third kappa shape index (κ3) is 8.26.